The molecule has 0 radical (unpaired) electrons. The molecule has 0 fully saturated rings. The maximum absolute atomic E-state index is 9.20. The van der Waals surface area contributed by atoms with Crippen molar-refractivity contribution in [3.8, 4) is 0 Å². The Morgan fingerprint density at radius 1 is 1.33 bits per heavy atom. The van der Waals surface area contributed by atoms with Gasteiger partial charge in [0.2, 0.25) is 0 Å². The molecule has 0 spiro atoms. The fraction of sp³-hybridized carbons (Fsp3) is 0.571. The van der Waals surface area contributed by atoms with Gasteiger partial charge in [0.05, 0.1) is 6.61 Å². The van der Waals surface area contributed by atoms with E-state index < -0.39 is 0 Å². The van der Waals surface area contributed by atoms with Crippen LogP contribution in [0.2, 0.25) is 5.02 Å². The molecule has 0 amide bonds. The summed E-state index contributed by atoms with van der Waals surface area (Å²) in [4.78, 5) is 2.21. The van der Waals surface area contributed by atoms with Gasteiger partial charge >= 0.3 is 0 Å². The van der Waals surface area contributed by atoms with E-state index in [2.05, 4.69) is 17.1 Å². The first-order chi connectivity index (χ1) is 8.72. The number of benzene rings is 1. The van der Waals surface area contributed by atoms with E-state index in [0.717, 1.165) is 36.6 Å². The van der Waals surface area contributed by atoms with Crippen LogP contribution in [0.25, 0.3) is 0 Å². The Balaban J connectivity index is 2.95. The second kappa shape index (κ2) is 8.35. The molecule has 0 atom stereocenters. The van der Waals surface area contributed by atoms with Crippen molar-refractivity contribution in [3.05, 3.63) is 28.8 Å². The average molecular weight is 271 g/mol. The van der Waals surface area contributed by atoms with Crippen molar-refractivity contribution in [2.75, 3.05) is 31.6 Å². The number of hydrogen-bond acceptors (Lipinski definition) is 3. The second-order valence-electron chi connectivity index (χ2n) is 4.37. The smallest absolute Gasteiger partial charge is 0.0606 e. The normalized spacial score (nSPS) is 10.7. The molecule has 0 unspecified atom stereocenters. The lowest BCUT2D eigenvalue weighted by Crippen LogP contribution is -2.29. The molecular formula is C14H23ClN2O. The average Bonchev–Trinajstić information content (AvgIpc) is 2.37. The third-order valence-corrected chi connectivity index (χ3v) is 3.14. The maximum atomic E-state index is 9.20. The summed E-state index contributed by atoms with van der Waals surface area (Å²) in [5, 5.41) is 13.1. The van der Waals surface area contributed by atoms with Crippen LogP contribution in [-0.2, 0) is 6.54 Å². The number of unbranched alkanes of at least 4 members (excludes halogenated alkanes) is 1. The van der Waals surface area contributed by atoms with Crippen LogP contribution < -0.4 is 10.2 Å². The van der Waals surface area contributed by atoms with E-state index in [4.69, 9.17) is 11.6 Å². The molecule has 0 saturated heterocycles. The summed E-state index contributed by atoms with van der Waals surface area (Å²) in [6.07, 6.45) is 2.26. The summed E-state index contributed by atoms with van der Waals surface area (Å²) < 4.78 is 0. The first kappa shape index (κ1) is 15.3. The van der Waals surface area contributed by atoms with Gasteiger partial charge in [0.15, 0.2) is 0 Å². The molecule has 0 aromatic heterocycles. The Kier molecular flexibility index (Phi) is 7.09. The molecule has 0 bridgehead atoms. The van der Waals surface area contributed by atoms with Crippen LogP contribution in [0.3, 0.4) is 0 Å². The lowest BCUT2D eigenvalue weighted by atomic mass is 10.1. The van der Waals surface area contributed by atoms with E-state index in [0.29, 0.717) is 6.54 Å². The zero-order chi connectivity index (χ0) is 13.4. The summed E-state index contributed by atoms with van der Waals surface area (Å²) in [5.41, 5.74) is 2.34. The molecular weight excluding hydrogens is 248 g/mol. The Morgan fingerprint density at radius 3 is 2.72 bits per heavy atom. The number of halogens is 1. The van der Waals surface area contributed by atoms with Crippen LogP contribution >= 0.6 is 11.6 Å². The molecule has 18 heavy (non-hydrogen) atoms. The van der Waals surface area contributed by atoms with Crippen molar-refractivity contribution < 1.29 is 5.11 Å². The number of rotatable bonds is 8. The van der Waals surface area contributed by atoms with E-state index in [1.807, 2.05) is 25.2 Å². The van der Waals surface area contributed by atoms with Crippen molar-refractivity contribution >= 4 is 17.3 Å². The van der Waals surface area contributed by atoms with Gasteiger partial charge in [-0.25, -0.2) is 0 Å². The highest BCUT2D eigenvalue weighted by Crippen LogP contribution is 2.25. The van der Waals surface area contributed by atoms with Gasteiger partial charge in [-0.05, 0) is 31.2 Å². The van der Waals surface area contributed by atoms with E-state index in [9.17, 15) is 5.11 Å². The van der Waals surface area contributed by atoms with E-state index >= 15 is 0 Å². The number of anilines is 1. The van der Waals surface area contributed by atoms with Gasteiger partial charge in [-0.1, -0.05) is 31.0 Å². The molecule has 0 heterocycles. The zero-order valence-corrected chi connectivity index (χ0v) is 12.0. The minimum Gasteiger partial charge on any atom is -0.395 e. The molecule has 102 valence electrons. The summed E-state index contributed by atoms with van der Waals surface area (Å²) in [6, 6.07) is 5.94. The first-order valence-electron chi connectivity index (χ1n) is 6.51. The minimum atomic E-state index is 0.162. The standard InChI is InChI=1S/C14H23ClN2O/c1-3-4-7-17(8-9-18)14-10-13(15)6-5-12(14)11-16-2/h5-6,10,16,18H,3-4,7-9,11H2,1-2H3. The lowest BCUT2D eigenvalue weighted by molar-refractivity contribution is 0.301. The van der Waals surface area contributed by atoms with Crippen molar-refractivity contribution in [2.45, 2.75) is 26.3 Å². The number of aliphatic hydroxyl groups excluding tert-OH is 1. The lowest BCUT2D eigenvalue weighted by Gasteiger charge is -2.26. The van der Waals surface area contributed by atoms with Crippen LogP contribution in [-0.4, -0.2) is 31.9 Å². The summed E-state index contributed by atoms with van der Waals surface area (Å²) in [7, 11) is 1.93. The van der Waals surface area contributed by atoms with Gasteiger partial charge in [0.25, 0.3) is 0 Å². The molecule has 0 aliphatic heterocycles. The number of hydrogen-bond donors (Lipinski definition) is 2. The molecule has 2 N–H and O–H groups in total. The highest BCUT2D eigenvalue weighted by molar-refractivity contribution is 6.30. The summed E-state index contributed by atoms with van der Waals surface area (Å²) >= 11 is 6.09. The minimum absolute atomic E-state index is 0.162. The molecule has 0 saturated carbocycles. The van der Waals surface area contributed by atoms with Crippen LogP contribution in [0.15, 0.2) is 18.2 Å². The Bertz CT molecular complexity index is 358. The Hall–Kier alpha value is -0.770. The molecule has 0 aliphatic rings. The van der Waals surface area contributed by atoms with Crippen LogP contribution in [0.5, 0.6) is 0 Å². The SMILES string of the molecule is CCCCN(CCO)c1cc(Cl)ccc1CNC. The fourth-order valence-electron chi connectivity index (χ4n) is 1.99. The highest BCUT2D eigenvalue weighted by Gasteiger charge is 2.11. The summed E-state index contributed by atoms with van der Waals surface area (Å²) in [5.74, 6) is 0. The molecule has 1 aromatic rings. The monoisotopic (exact) mass is 270 g/mol. The van der Waals surface area contributed by atoms with Crippen LogP contribution in [0, 0.1) is 0 Å². The predicted octanol–water partition coefficient (Wildman–Crippen LogP) is 2.66. The predicted molar refractivity (Wildman–Crippen MR) is 78.4 cm³/mol. The fourth-order valence-corrected chi connectivity index (χ4v) is 2.16. The summed E-state index contributed by atoms with van der Waals surface area (Å²) in [6.45, 7) is 4.74. The second-order valence-corrected chi connectivity index (χ2v) is 4.80. The van der Waals surface area contributed by atoms with Crippen molar-refractivity contribution in [1.82, 2.24) is 5.32 Å². The topological polar surface area (TPSA) is 35.5 Å². The third-order valence-electron chi connectivity index (χ3n) is 2.91. The maximum Gasteiger partial charge on any atom is 0.0606 e. The first-order valence-corrected chi connectivity index (χ1v) is 6.89. The highest BCUT2D eigenvalue weighted by atomic mass is 35.5. The molecule has 1 aromatic carbocycles. The van der Waals surface area contributed by atoms with Gasteiger partial charge in [0, 0.05) is 30.3 Å². The molecule has 1 rings (SSSR count). The molecule has 0 aliphatic carbocycles. The van der Waals surface area contributed by atoms with Gasteiger partial charge < -0.3 is 15.3 Å². The number of aliphatic hydroxyl groups is 1. The van der Waals surface area contributed by atoms with Gasteiger partial charge in [-0.15, -0.1) is 0 Å². The molecule has 4 heteroatoms. The number of nitrogens with zero attached hydrogens (tertiary/aromatic N) is 1. The van der Waals surface area contributed by atoms with Crippen molar-refractivity contribution in [2.24, 2.45) is 0 Å². The van der Waals surface area contributed by atoms with E-state index in [-0.39, 0.29) is 6.61 Å². The van der Waals surface area contributed by atoms with E-state index in [1.54, 1.807) is 0 Å². The van der Waals surface area contributed by atoms with Gasteiger partial charge in [-0.3, -0.25) is 0 Å². The third kappa shape index (κ3) is 4.48. The van der Waals surface area contributed by atoms with Crippen molar-refractivity contribution in [3.63, 3.8) is 0 Å². The molecule has 3 nitrogen and oxygen atoms in total. The zero-order valence-electron chi connectivity index (χ0n) is 11.2. The largest absolute Gasteiger partial charge is 0.395 e. The van der Waals surface area contributed by atoms with Gasteiger partial charge in [0.1, 0.15) is 0 Å². The number of nitrogens with one attached hydrogen (secondary N) is 1. The Labute approximate surface area is 115 Å². The Morgan fingerprint density at radius 2 is 2.11 bits per heavy atom. The van der Waals surface area contributed by atoms with E-state index in [1.165, 1.54) is 5.56 Å². The van der Waals surface area contributed by atoms with Crippen molar-refractivity contribution in [1.29, 1.82) is 0 Å². The van der Waals surface area contributed by atoms with Crippen LogP contribution in [0.4, 0.5) is 5.69 Å². The van der Waals surface area contributed by atoms with Crippen LogP contribution in [0.1, 0.15) is 25.3 Å². The van der Waals surface area contributed by atoms with Gasteiger partial charge in [-0.2, -0.15) is 0 Å². The quantitative estimate of drug-likeness (QED) is 0.762.